The molecule has 0 bridgehead atoms. The summed E-state index contributed by atoms with van der Waals surface area (Å²) in [6, 6.07) is 27.3. The first-order valence-electron chi connectivity index (χ1n) is 9.43. The van der Waals surface area contributed by atoms with Crippen LogP contribution in [0.15, 0.2) is 84.9 Å². The highest BCUT2D eigenvalue weighted by Crippen LogP contribution is 2.34. The van der Waals surface area contributed by atoms with Crippen molar-refractivity contribution in [2.75, 3.05) is 0 Å². The van der Waals surface area contributed by atoms with E-state index in [1.807, 2.05) is 80.6 Å². The number of hydrogen-bond donors (Lipinski definition) is 0. The smallest absolute Gasteiger partial charge is 0.292 e. The Labute approximate surface area is 166 Å². The van der Waals surface area contributed by atoms with Crippen LogP contribution >= 0.6 is 0 Å². The van der Waals surface area contributed by atoms with Crippen LogP contribution in [-0.4, -0.2) is 5.97 Å². The Hall–Kier alpha value is -2.91. The number of carbonyl (C=O) groups excluding carboxylic acids is 1. The number of carbonyl (C=O) groups is 1. The van der Waals surface area contributed by atoms with Crippen molar-refractivity contribution in [3.05, 3.63) is 107 Å². The van der Waals surface area contributed by atoms with E-state index in [0.717, 1.165) is 16.7 Å². The summed E-state index contributed by atoms with van der Waals surface area (Å²) in [5.74, 6) is -0.497. The predicted molar refractivity (Wildman–Crippen MR) is 111 cm³/mol. The molecule has 0 fully saturated rings. The third-order valence-corrected chi connectivity index (χ3v) is 5.11. The third-order valence-electron chi connectivity index (χ3n) is 5.11. The summed E-state index contributed by atoms with van der Waals surface area (Å²) in [5, 5.41) is 0. The maximum Gasteiger partial charge on any atom is 0.373 e. The average Bonchev–Trinajstić information content (AvgIpc) is 2.73. The van der Waals surface area contributed by atoms with Crippen LogP contribution in [0.3, 0.4) is 0 Å². The Morgan fingerprint density at radius 3 is 1.79 bits per heavy atom. The molecule has 3 aromatic carbocycles. The molecule has 0 heterocycles. The summed E-state index contributed by atoms with van der Waals surface area (Å²) in [6.07, 6.45) is 0. The lowest BCUT2D eigenvalue weighted by Gasteiger charge is -2.28. The summed E-state index contributed by atoms with van der Waals surface area (Å²) in [7, 11) is 0. The summed E-state index contributed by atoms with van der Waals surface area (Å²) in [5.41, 5.74) is 2.35. The minimum absolute atomic E-state index is 0.355. The molecule has 0 saturated carbocycles. The van der Waals surface area contributed by atoms with Gasteiger partial charge in [0.25, 0.3) is 0 Å². The summed E-state index contributed by atoms with van der Waals surface area (Å²) in [4.78, 5) is 23.7. The standard InChI is InChI=1S/C25H26O3/c1-24(2,19-13-7-5-8-14-19)22-18-12-11-17-21(22)23(26)27-28-25(3,4)20-15-9-6-10-16-20/h5-18H,1-4H3. The van der Waals surface area contributed by atoms with Gasteiger partial charge in [0, 0.05) is 5.41 Å². The molecule has 0 unspecified atom stereocenters. The van der Waals surface area contributed by atoms with Gasteiger partial charge in [-0.1, -0.05) is 92.7 Å². The highest BCUT2D eigenvalue weighted by Gasteiger charge is 2.30. The van der Waals surface area contributed by atoms with E-state index in [0.29, 0.717) is 5.56 Å². The second-order valence-corrected chi connectivity index (χ2v) is 7.87. The van der Waals surface area contributed by atoms with Crippen LogP contribution in [0.25, 0.3) is 0 Å². The molecule has 0 radical (unpaired) electrons. The molecule has 3 rings (SSSR count). The van der Waals surface area contributed by atoms with Gasteiger partial charge in [0.15, 0.2) is 0 Å². The molecule has 0 N–H and O–H groups in total. The van der Waals surface area contributed by atoms with Crippen molar-refractivity contribution in [3.63, 3.8) is 0 Å². The molecule has 0 aliphatic rings. The third kappa shape index (κ3) is 4.15. The van der Waals surface area contributed by atoms with E-state index >= 15 is 0 Å². The van der Waals surface area contributed by atoms with E-state index in [-0.39, 0.29) is 5.41 Å². The summed E-state index contributed by atoms with van der Waals surface area (Å²) >= 11 is 0. The summed E-state index contributed by atoms with van der Waals surface area (Å²) in [6.45, 7) is 7.94. The Morgan fingerprint density at radius 2 is 1.18 bits per heavy atom. The highest BCUT2D eigenvalue weighted by atomic mass is 17.2. The zero-order valence-electron chi connectivity index (χ0n) is 16.8. The average molecular weight is 374 g/mol. The molecular formula is C25H26O3. The van der Waals surface area contributed by atoms with Gasteiger partial charge in [0.05, 0.1) is 5.56 Å². The zero-order valence-corrected chi connectivity index (χ0v) is 16.8. The monoisotopic (exact) mass is 374 g/mol. The molecule has 28 heavy (non-hydrogen) atoms. The molecule has 0 spiro atoms. The molecule has 3 heteroatoms. The fourth-order valence-corrected chi connectivity index (χ4v) is 3.29. The normalized spacial score (nSPS) is 11.9. The number of hydrogen-bond acceptors (Lipinski definition) is 3. The van der Waals surface area contributed by atoms with Crippen LogP contribution in [0.4, 0.5) is 0 Å². The Balaban J connectivity index is 1.84. The van der Waals surface area contributed by atoms with Gasteiger partial charge in [-0.15, -0.1) is 0 Å². The Kier molecular flexibility index (Phi) is 5.66. The molecule has 0 amide bonds. The van der Waals surface area contributed by atoms with Crippen LogP contribution in [0.5, 0.6) is 0 Å². The minimum atomic E-state index is -0.749. The molecule has 0 aliphatic heterocycles. The van der Waals surface area contributed by atoms with Gasteiger partial charge in [-0.2, -0.15) is 4.89 Å². The minimum Gasteiger partial charge on any atom is -0.292 e. The second kappa shape index (κ2) is 7.99. The van der Waals surface area contributed by atoms with E-state index in [1.54, 1.807) is 6.07 Å². The van der Waals surface area contributed by atoms with E-state index in [1.165, 1.54) is 0 Å². The molecule has 3 nitrogen and oxygen atoms in total. The van der Waals surface area contributed by atoms with Gasteiger partial charge in [-0.25, -0.2) is 4.79 Å². The molecule has 0 aromatic heterocycles. The van der Waals surface area contributed by atoms with Crippen LogP contribution in [0.1, 0.15) is 54.7 Å². The van der Waals surface area contributed by atoms with Crippen molar-refractivity contribution in [1.29, 1.82) is 0 Å². The van der Waals surface area contributed by atoms with E-state index in [9.17, 15) is 4.79 Å². The van der Waals surface area contributed by atoms with E-state index < -0.39 is 11.6 Å². The van der Waals surface area contributed by atoms with Crippen molar-refractivity contribution in [1.82, 2.24) is 0 Å². The number of rotatable bonds is 6. The van der Waals surface area contributed by atoms with Crippen molar-refractivity contribution < 1.29 is 14.6 Å². The van der Waals surface area contributed by atoms with Gasteiger partial charge in [0.1, 0.15) is 5.60 Å². The van der Waals surface area contributed by atoms with Crippen molar-refractivity contribution >= 4 is 5.97 Å². The molecule has 3 aromatic rings. The second-order valence-electron chi connectivity index (χ2n) is 7.87. The summed E-state index contributed by atoms with van der Waals surface area (Å²) < 4.78 is 0. The van der Waals surface area contributed by atoms with Crippen LogP contribution < -0.4 is 0 Å². The van der Waals surface area contributed by atoms with Crippen LogP contribution in [-0.2, 0) is 20.8 Å². The Bertz CT molecular complexity index is 928. The predicted octanol–water partition coefficient (Wildman–Crippen LogP) is 6.04. The maximum absolute atomic E-state index is 12.9. The molecule has 0 aliphatic carbocycles. The highest BCUT2D eigenvalue weighted by molar-refractivity contribution is 5.91. The van der Waals surface area contributed by atoms with Crippen molar-refractivity contribution in [3.8, 4) is 0 Å². The van der Waals surface area contributed by atoms with Crippen LogP contribution in [0, 0.1) is 0 Å². The Morgan fingerprint density at radius 1 is 0.679 bits per heavy atom. The largest absolute Gasteiger partial charge is 0.373 e. The maximum atomic E-state index is 12.9. The lowest BCUT2D eigenvalue weighted by Crippen LogP contribution is -2.26. The molecule has 0 atom stereocenters. The fraction of sp³-hybridized carbons (Fsp3) is 0.240. The van der Waals surface area contributed by atoms with Gasteiger partial charge in [-0.05, 0) is 36.6 Å². The molecule has 0 saturated heterocycles. The number of benzene rings is 3. The first-order valence-corrected chi connectivity index (χ1v) is 9.43. The first-order chi connectivity index (χ1) is 13.3. The van der Waals surface area contributed by atoms with Gasteiger partial charge >= 0.3 is 5.97 Å². The SMILES string of the molecule is CC(C)(OOC(=O)c1ccccc1C(C)(C)c1ccccc1)c1ccccc1. The van der Waals surface area contributed by atoms with Crippen LogP contribution in [0.2, 0.25) is 0 Å². The van der Waals surface area contributed by atoms with E-state index in [4.69, 9.17) is 9.78 Å². The lowest BCUT2D eigenvalue weighted by molar-refractivity contribution is -0.312. The zero-order chi connectivity index (χ0) is 20.2. The molecular weight excluding hydrogens is 348 g/mol. The van der Waals surface area contributed by atoms with E-state index in [2.05, 4.69) is 26.0 Å². The van der Waals surface area contributed by atoms with Gasteiger partial charge in [0.2, 0.25) is 0 Å². The molecule has 144 valence electrons. The topological polar surface area (TPSA) is 35.5 Å². The van der Waals surface area contributed by atoms with Gasteiger partial charge in [-0.3, -0.25) is 4.89 Å². The van der Waals surface area contributed by atoms with Crippen molar-refractivity contribution in [2.24, 2.45) is 0 Å². The first kappa shape index (κ1) is 19.8. The lowest BCUT2D eigenvalue weighted by atomic mass is 9.76. The van der Waals surface area contributed by atoms with Crippen molar-refractivity contribution in [2.45, 2.75) is 38.7 Å². The fourth-order valence-electron chi connectivity index (χ4n) is 3.29. The quantitative estimate of drug-likeness (QED) is 0.390. The van der Waals surface area contributed by atoms with Gasteiger partial charge < -0.3 is 0 Å².